The number of hydrogen-bond donors (Lipinski definition) is 0. The predicted molar refractivity (Wildman–Crippen MR) is 82.7 cm³/mol. The van der Waals surface area contributed by atoms with Crippen molar-refractivity contribution in [1.29, 1.82) is 0 Å². The molecule has 0 bridgehead atoms. The van der Waals surface area contributed by atoms with Gasteiger partial charge in [-0.2, -0.15) is 10.2 Å². The second-order valence-corrected chi connectivity index (χ2v) is 5.59. The van der Waals surface area contributed by atoms with Crippen molar-refractivity contribution in [3.05, 3.63) is 42.1 Å². The maximum absolute atomic E-state index is 12.6. The van der Waals surface area contributed by atoms with Gasteiger partial charge in [-0.25, -0.2) is 4.52 Å². The lowest BCUT2D eigenvalue weighted by atomic mass is 10.2. The molecule has 1 amide bonds. The van der Waals surface area contributed by atoms with Gasteiger partial charge in [0, 0.05) is 46.3 Å². The van der Waals surface area contributed by atoms with Crippen molar-refractivity contribution in [2.75, 3.05) is 13.6 Å². The van der Waals surface area contributed by atoms with Crippen molar-refractivity contribution in [3.8, 4) is 0 Å². The Labute approximate surface area is 128 Å². The minimum atomic E-state index is 0.00277. The molecule has 0 radical (unpaired) electrons. The Morgan fingerprint density at radius 1 is 1.23 bits per heavy atom. The fourth-order valence-electron chi connectivity index (χ4n) is 2.63. The van der Waals surface area contributed by atoms with E-state index in [9.17, 15) is 4.79 Å². The van der Waals surface area contributed by atoms with Crippen LogP contribution in [0.2, 0.25) is 0 Å². The molecule has 3 heterocycles. The van der Waals surface area contributed by atoms with E-state index < -0.39 is 0 Å². The second kappa shape index (κ2) is 5.67. The van der Waals surface area contributed by atoms with E-state index in [0.29, 0.717) is 12.1 Å². The van der Waals surface area contributed by atoms with Gasteiger partial charge in [0.05, 0.1) is 12.4 Å². The number of amides is 1. The van der Waals surface area contributed by atoms with Crippen LogP contribution in [0.5, 0.6) is 0 Å². The monoisotopic (exact) mass is 300 g/mol. The van der Waals surface area contributed by atoms with Crippen molar-refractivity contribution in [3.63, 3.8) is 0 Å². The van der Waals surface area contributed by atoms with Crippen LogP contribution in [0.3, 0.4) is 0 Å². The number of fused-ring (bicyclic) bond motifs is 1. The van der Waals surface area contributed by atoms with Gasteiger partial charge in [0.15, 0.2) is 0 Å². The number of rotatable bonds is 5. The molecule has 0 fully saturated rings. The maximum atomic E-state index is 12.6. The average molecular weight is 300 g/mol. The third kappa shape index (κ3) is 2.61. The summed E-state index contributed by atoms with van der Waals surface area (Å²) in [5, 5.41) is 8.36. The van der Waals surface area contributed by atoms with Gasteiger partial charge in [-0.3, -0.25) is 9.48 Å². The molecule has 0 aromatic carbocycles. The predicted octanol–water partition coefficient (Wildman–Crippen LogP) is 1.11. The summed E-state index contributed by atoms with van der Waals surface area (Å²) in [6.45, 7) is 0.704. The summed E-state index contributed by atoms with van der Waals surface area (Å²) < 4.78 is 5.42. The largest absolute Gasteiger partial charge is 0.342 e. The Morgan fingerprint density at radius 3 is 2.77 bits per heavy atom. The SMILES string of the molecule is CN(CCCc1cnn(C)c1)C(=O)c1cnn2ccn(C)c12. The summed E-state index contributed by atoms with van der Waals surface area (Å²) in [4.78, 5) is 14.3. The van der Waals surface area contributed by atoms with Crippen molar-refractivity contribution in [2.45, 2.75) is 12.8 Å². The zero-order chi connectivity index (χ0) is 15.7. The Hall–Kier alpha value is -2.57. The van der Waals surface area contributed by atoms with Crippen LogP contribution in [0.1, 0.15) is 22.3 Å². The van der Waals surface area contributed by atoms with E-state index in [1.165, 1.54) is 5.56 Å². The molecule has 22 heavy (non-hydrogen) atoms. The number of carbonyl (C=O) groups is 1. The fourth-order valence-corrected chi connectivity index (χ4v) is 2.63. The summed E-state index contributed by atoms with van der Waals surface area (Å²) in [6.07, 6.45) is 11.1. The Balaban J connectivity index is 1.63. The molecule has 0 saturated carbocycles. The van der Waals surface area contributed by atoms with Crippen LogP contribution in [-0.2, 0) is 20.5 Å². The maximum Gasteiger partial charge on any atom is 0.259 e. The Bertz CT molecular complexity index is 796. The molecule has 0 atom stereocenters. The summed E-state index contributed by atoms with van der Waals surface area (Å²) in [7, 11) is 5.65. The number of aryl methyl sites for hydroxylation is 3. The topological polar surface area (TPSA) is 60.4 Å². The molecule has 116 valence electrons. The van der Waals surface area contributed by atoms with Crippen LogP contribution in [0.15, 0.2) is 31.0 Å². The zero-order valence-electron chi connectivity index (χ0n) is 13.1. The van der Waals surface area contributed by atoms with Crippen LogP contribution in [0.4, 0.5) is 0 Å². The molecule has 0 aliphatic rings. The van der Waals surface area contributed by atoms with Gasteiger partial charge >= 0.3 is 0 Å². The number of imidazole rings is 1. The molecule has 0 spiro atoms. The Kier molecular flexibility index (Phi) is 3.70. The van der Waals surface area contributed by atoms with Crippen molar-refractivity contribution >= 4 is 11.6 Å². The van der Waals surface area contributed by atoms with Crippen LogP contribution in [0, 0.1) is 0 Å². The van der Waals surface area contributed by atoms with Crippen LogP contribution < -0.4 is 0 Å². The van der Waals surface area contributed by atoms with E-state index in [-0.39, 0.29) is 5.91 Å². The van der Waals surface area contributed by atoms with Gasteiger partial charge in [-0.15, -0.1) is 0 Å². The highest BCUT2D eigenvalue weighted by Crippen LogP contribution is 2.13. The van der Waals surface area contributed by atoms with Crippen molar-refractivity contribution in [2.24, 2.45) is 14.1 Å². The van der Waals surface area contributed by atoms with Crippen molar-refractivity contribution < 1.29 is 4.79 Å². The number of carbonyl (C=O) groups excluding carboxylic acids is 1. The highest BCUT2D eigenvalue weighted by atomic mass is 16.2. The normalized spacial score (nSPS) is 11.2. The van der Waals surface area contributed by atoms with E-state index in [2.05, 4.69) is 10.2 Å². The van der Waals surface area contributed by atoms with Gasteiger partial charge in [-0.05, 0) is 18.4 Å². The molecule has 0 unspecified atom stereocenters. The van der Waals surface area contributed by atoms with Gasteiger partial charge < -0.3 is 9.47 Å². The molecule has 3 rings (SSSR count). The van der Waals surface area contributed by atoms with E-state index in [0.717, 1.165) is 18.5 Å². The van der Waals surface area contributed by atoms with E-state index in [1.807, 2.05) is 50.5 Å². The third-order valence-corrected chi connectivity index (χ3v) is 3.83. The lowest BCUT2D eigenvalue weighted by Crippen LogP contribution is -2.28. The van der Waals surface area contributed by atoms with Gasteiger partial charge in [0.1, 0.15) is 11.2 Å². The minimum Gasteiger partial charge on any atom is -0.342 e. The van der Waals surface area contributed by atoms with Crippen LogP contribution >= 0.6 is 0 Å². The highest BCUT2D eigenvalue weighted by molar-refractivity contribution is 5.99. The number of aromatic nitrogens is 5. The fraction of sp³-hybridized carbons (Fsp3) is 0.400. The highest BCUT2D eigenvalue weighted by Gasteiger charge is 2.18. The molecule has 0 N–H and O–H groups in total. The first kappa shape index (κ1) is 14.4. The van der Waals surface area contributed by atoms with Gasteiger partial charge in [0.2, 0.25) is 0 Å². The molecule has 3 aromatic heterocycles. The second-order valence-electron chi connectivity index (χ2n) is 5.59. The molecule has 0 saturated heterocycles. The van der Waals surface area contributed by atoms with E-state index in [4.69, 9.17) is 0 Å². The summed E-state index contributed by atoms with van der Waals surface area (Å²) >= 11 is 0. The summed E-state index contributed by atoms with van der Waals surface area (Å²) in [6, 6.07) is 0. The molecule has 7 heteroatoms. The number of nitrogens with zero attached hydrogens (tertiary/aromatic N) is 6. The number of hydrogen-bond acceptors (Lipinski definition) is 3. The van der Waals surface area contributed by atoms with E-state index >= 15 is 0 Å². The van der Waals surface area contributed by atoms with Crippen molar-refractivity contribution in [1.82, 2.24) is 28.9 Å². The summed E-state index contributed by atoms with van der Waals surface area (Å²) in [5.74, 6) is 0.00277. The molecular weight excluding hydrogens is 280 g/mol. The van der Waals surface area contributed by atoms with Gasteiger partial charge in [-0.1, -0.05) is 0 Å². The summed E-state index contributed by atoms with van der Waals surface area (Å²) in [5.41, 5.74) is 2.65. The lowest BCUT2D eigenvalue weighted by Gasteiger charge is -2.16. The quantitative estimate of drug-likeness (QED) is 0.709. The van der Waals surface area contributed by atoms with E-state index in [1.54, 1.807) is 20.3 Å². The first-order valence-electron chi connectivity index (χ1n) is 7.28. The average Bonchev–Trinajstić information content (AvgIpc) is 3.17. The molecule has 0 aliphatic carbocycles. The van der Waals surface area contributed by atoms with Gasteiger partial charge in [0.25, 0.3) is 5.91 Å². The zero-order valence-corrected chi connectivity index (χ0v) is 13.1. The molecular formula is C15H20N6O. The smallest absolute Gasteiger partial charge is 0.259 e. The standard InChI is InChI=1S/C15H20N6O/c1-18-7-8-21-14(18)13(10-17-21)15(22)19(2)6-4-5-12-9-16-20(3)11-12/h7-11H,4-6H2,1-3H3. The third-order valence-electron chi connectivity index (χ3n) is 3.83. The van der Waals surface area contributed by atoms with Crippen LogP contribution in [-0.4, -0.2) is 48.4 Å². The first-order chi connectivity index (χ1) is 10.6. The minimum absolute atomic E-state index is 0.00277. The first-order valence-corrected chi connectivity index (χ1v) is 7.28. The molecule has 0 aliphatic heterocycles. The van der Waals surface area contributed by atoms with Crippen LogP contribution in [0.25, 0.3) is 5.65 Å². The molecule has 3 aromatic rings. The Morgan fingerprint density at radius 2 is 2.05 bits per heavy atom. The lowest BCUT2D eigenvalue weighted by molar-refractivity contribution is 0.0795. The molecule has 7 nitrogen and oxygen atoms in total.